The molecule has 4 aromatic rings. The predicted octanol–water partition coefficient (Wildman–Crippen LogP) is 6.31. The number of nitrogens with one attached hydrogen (secondary N) is 2. The number of fused-ring (bicyclic) bond motifs is 1. The lowest BCUT2D eigenvalue weighted by Gasteiger charge is -2.64. The molecule has 11 rings (SSSR count). The highest BCUT2D eigenvalue weighted by Crippen LogP contribution is 2.66. The lowest BCUT2D eigenvalue weighted by Crippen LogP contribution is -2.65. The van der Waals surface area contributed by atoms with Crippen LogP contribution in [0, 0.1) is 24.2 Å². The van der Waals surface area contributed by atoms with Crippen molar-refractivity contribution in [3.8, 4) is 17.2 Å². The van der Waals surface area contributed by atoms with Crippen LogP contribution in [0.2, 0.25) is 12.6 Å². The number of hydrogen-bond donors (Lipinski definition) is 6. The molecule has 86 heavy (non-hydrogen) atoms. The van der Waals surface area contributed by atoms with Crippen molar-refractivity contribution < 1.29 is 81.6 Å². The summed E-state index contributed by atoms with van der Waals surface area (Å²) in [6.45, 7) is 22.3. The number of alkyl carbamates (subject to hydrolysis) is 1. The number of hydrogen-bond acceptors (Lipinski definition) is 19. The Hall–Kier alpha value is -7.19. The minimum absolute atomic E-state index is 0.0114. The largest absolute Gasteiger partial charge is 0.669 e. The molecule has 3 amide bonds. The van der Waals surface area contributed by atoms with Gasteiger partial charge in [0, 0.05) is 6.20 Å². The fourth-order valence-electron chi connectivity index (χ4n) is 12.1. The molecule has 2 aromatic heterocycles. The van der Waals surface area contributed by atoms with Crippen molar-refractivity contribution >= 4 is 49.8 Å². The number of aryl methyl sites for hydroxylation is 2. The minimum Gasteiger partial charge on any atom is -0.669 e. The third kappa shape index (κ3) is 13.8. The Labute approximate surface area is 500 Å². The number of imidazole rings is 2. The van der Waals surface area contributed by atoms with Crippen molar-refractivity contribution in [3.05, 3.63) is 88.5 Å². The number of carbonyl (C=O) groups is 6. The summed E-state index contributed by atoms with van der Waals surface area (Å²) in [6.07, 6.45) is 6.96. The van der Waals surface area contributed by atoms with Gasteiger partial charge in [0.1, 0.15) is 64.0 Å². The van der Waals surface area contributed by atoms with Crippen molar-refractivity contribution in [1.29, 1.82) is 0 Å². The molecule has 25 nitrogen and oxygen atoms in total. The van der Waals surface area contributed by atoms with E-state index < -0.39 is 77.9 Å². The Morgan fingerprint density at radius 1 is 0.860 bits per heavy atom. The monoisotopic (exact) mass is 1200 g/mol. The molecular formula is C59H81B2N8O17-. The average molecular weight is 1200 g/mol. The lowest BCUT2D eigenvalue weighted by molar-refractivity contribution is -0.199. The van der Waals surface area contributed by atoms with Gasteiger partial charge in [-0.05, 0) is 154 Å². The van der Waals surface area contributed by atoms with Crippen LogP contribution in [0.15, 0.2) is 49.3 Å². The first kappa shape index (κ1) is 63.3. The van der Waals surface area contributed by atoms with Crippen LogP contribution in [0.5, 0.6) is 17.2 Å². The molecule has 466 valence electrons. The molecule has 3 saturated carbocycles. The number of esters is 1. The Morgan fingerprint density at radius 3 is 2.07 bits per heavy atom. The maximum atomic E-state index is 13.9. The van der Waals surface area contributed by atoms with Crippen molar-refractivity contribution in [2.45, 2.75) is 181 Å². The molecular weight excluding hydrogens is 1110 g/mol. The summed E-state index contributed by atoms with van der Waals surface area (Å²) in [5.74, 6) is -1.13. The van der Waals surface area contributed by atoms with E-state index in [-0.39, 0.29) is 91.8 Å². The molecule has 2 bridgehead atoms. The Bertz CT molecular complexity index is 3230. The maximum absolute atomic E-state index is 13.9. The number of ether oxygens (including phenoxy) is 5. The molecule has 0 spiro atoms. The number of likely N-dealkylation sites (tertiary alicyclic amines) is 2. The van der Waals surface area contributed by atoms with E-state index in [9.17, 15) is 43.9 Å². The smallest absolute Gasteiger partial charge is 0.457 e. The predicted molar refractivity (Wildman–Crippen MR) is 311 cm³/mol. The van der Waals surface area contributed by atoms with Crippen molar-refractivity contribution in [1.82, 2.24) is 34.6 Å². The molecule has 0 radical (unpaired) electrons. The number of nitrogens with two attached hydrogens (primary N) is 1. The second kappa shape index (κ2) is 23.5. The number of nitrogens with zero attached hydrogens (tertiary/aromatic N) is 5. The van der Waals surface area contributed by atoms with Gasteiger partial charge in [-0.25, -0.2) is 33.7 Å². The normalized spacial score (nSPS) is 22.8. The summed E-state index contributed by atoms with van der Waals surface area (Å²) in [5.41, 5.74) is 6.53. The SMILES string of the molecule is Cc1c(CCB2O[C@@H]3C[C@@H]4C[C@@H](C4(C)C)[C@]3(C)O2)ccc(OC2CN(C(=O)[C@@H](NC(=O)OC(C)(C)C)c3cn(C(=O)OC(C)(C)C)cn3)C2)c1C(=O)OC(C)(C)C.N[C@H](C(=O)N1CC(Oc2ccc3c(c2C(=O)O)O[B-](O)(O)CC3)C1)c1cnc[nH]1. The first-order valence-corrected chi connectivity index (χ1v) is 29.3. The first-order chi connectivity index (χ1) is 40.0. The number of aromatic nitrogens is 4. The summed E-state index contributed by atoms with van der Waals surface area (Å²) in [4.78, 5) is 91.4. The number of benzene rings is 2. The maximum Gasteiger partial charge on any atom is 0.457 e. The van der Waals surface area contributed by atoms with Crippen molar-refractivity contribution in [2.24, 2.45) is 23.0 Å². The van der Waals surface area contributed by atoms with E-state index in [0.717, 1.165) is 22.1 Å². The van der Waals surface area contributed by atoms with E-state index >= 15 is 0 Å². The lowest BCUT2D eigenvalue weighted by atomic mass is 9.43. The Kier molecular flexibility index (Phi) is 17.3. The number of carboxylic acids is 1. The zero-order chi connectivity index (χ0) is 62.8. The second-order valence-electron chi connectivity index (χ2n) is 27.1. The summed E-state index contributed by atoms with van der Waals surface area (Å²) in [7, 11) is -0.325. The van der Waals surface area contributed by atoms with Gasteiger partial charge in [0.05, 0.1) is 67.5 Å². The third-order valence-electron chi connectivity index (χ3n) is 16.7. The summed E-state index contributed by atoms with van der Waals surface area (Å²) >= 11 is 0. The van der Waals surface area contributed by atoms with Crippen molar-refractivity contribution in [3.63, 3.8) is 0 Å². The Balaban J connectivity index is 0.000000254. The van der Waals surface area contributed by atoms with Crippen LogP contribution >= 0.6 is 0 Å². The fraction of sp³-hybridized carbons (Fsp3) is 0.593. The van der Waals surface area contributed by atoms with Crippen LogP contribution in [0.3, 0.4) is 0 Å². The van der Waals surface area contributed by atoms with Gasteiger partial charge < -0.3 is 78.6 Å². The van der Waals surface area contributed by atoms with Crippen LogP contribution in [0.25, 0.3) is 0 Å². The number of rotatable bonds is 14. The molecule has 0 unspecified atom stereocenters. The first-order valence-electron chi connectivity index (χ1n) is 29.3. The number of aromatic amines is 1. The third-order valence-corrected chi connectivity index (χ3v) is 16.7. The quantitative estimate of drug-likeness (QED) is 0.0457. The fourth-order valence-corrected chi connectivity index (χ4v) is 12.1. The van der Waals surface area contributed by atoms with Gasteiger partial charge in [-0.15, -0.1) is 0 Å². The molecule has 2 aromatic carbocycles. The molecule has 7 aliphatic rings. The highest BCUT2D eigenvalue weighted by molar-refractivity contribution is 6.59. The summed E-state index contributed by atoms with van der Waals surface area (Å²) in [5, 5.41) is 31.8. The van der Waals surface area contributed by atoms with Gasteiger partial charge in [0.15, 0.2) is 6.04 Å². The molecule has 4 aliphatic heterocycles. The number of H-pyrrole nitrogens is 1. The molecule has 6 atom stereocenters. The van der Waals surface area contributed by atoms with E-state index in [2.05, 4.69) is 41.0 Å². The Morgan fingerprint density at radius 2 is 1.48 bits per heavy atom. The van der Waals surface area contributed by atoms with E-state index in [4.69, 9.17) is 43.4 Å². The van der Waals surface area contributed by atoms with Gasteiger partial charge in [0.25, 0.3) is 5.91 Å². The molecule has 6 fully saturated rings. The van der Waals surface area contributed by atoms with Crippen LogP contribution in [-0.2, 0) is 46.0 Å². The molecule has 6 heterocycles. The van der Waals surface area contributed by atoms with Gasteiger partial charge in [-0.2, -0.15) is 0 Å². The summed E-state index contributed by atoms with van der Waals surface area (Å²) < 4.78 is 48.3. The van der Waals surface area contributed by atoms with E-state index in [1.165, 1.54) is 47.3 Å². The standard InChI is InChI=1S/C42H61BN4O10.C17H20BN4O7/c1-24-25(16-17-43-56-31-19-26-18-30(41(26,11)12)42(31,13)57-43)14-15-29(32(24)35(49)53-38(2,3)4)52-27-20-46(21-27)34(48)33(45-36(50)54-39(5,6)7)28-22-47(23-44-28)37(51)55-40(8,9)10;19-14(11-5-20-8-21-11)16(23)22-6-10(7-22)28-12-2-1-9-3-4-18(26,27)29-15(9)13(12)17(24)25/h14-15,22-23,26-27,30-31,33H,16-21H2,1-13H3,(H,45,50);1-2,5,8,10,14,26-27H,3-4,6-7,19H2,(H,20,21)(H,24,25)/q;-1/t26-,30-,31+,33-,42-;14-/m00/s1. The molecule has 27 heteroatoms. The zero-order valence-corrected chi connectivity index (χ0v) is 51.3. The van der Waals surface area contributed by atoms with Crippen LogP contribution in [0.1, 0.15) is 157 Å². The highest BCUT2D eigenvalue weighted by Gasteiger charge is 2.67. The average Bonchev–Trinajstić information content (AvgIpc) is 1.33. The van der Waals surface area contributed by atoms with E-state index in [1.807, 2.05) is 33.8 Å². The van der Waals surface area contributed by atoms with Crippen LogP contribution < -0.4 is 25.2 Å². The number of amides is 3. The summed E-state index contributed by atoms with van der Waals surface area (Å²) in [6, 6.07) is 4.77. The second-order valence-corrected chi connectivity index (χ2v) is 27.1. The van der Waals surface area contributed by atoms with Gasteiger partial charge >= 0.3 is 38.0 Å². The van der Waals surface area contributed by atoms with Gasteiger partial charge in [-0.1, -0.05) is 32.3 Å². The van der Waals surface area contributed by atoms with Crippen LogP contribution in [-0.4, -0.2) is 161 Å². The minimum atomic E-state index is -3.11. The molecule has 3 aliphatic carbocycles. The number of aromatic carboxylic acids is 1. The number of carbonyl (C=O) groups excluding carboxylic acids is 5. The van der Waals surface area contributed by atoms with E-state index in [1.54, 1.807) is 53.7 Å². The van der Waals surface area contributed by atoms with E-state index in [0.29, 0.717) is 47.1 Å². The van der Waals surface area contributed by atoms with Gasteiger partial charge in [-0.3, -0.25) is 9.59 Å². The highest BCUT2D eigenvalue weighted by atomic mass is 16.7. The topological polar surface area (TPSA) is 328 Å². The van der Waals surface area contributed by atoms with Crippen LogP contribution in [0.4, 0.5) is 9.59 Å². The zero-order valence-electron chi connectivity index (χ0n) is 51.3. The van der Waals surface area contributed by atoms with Crippen molar-refractivity contribution in [2.75, 3.05) is 26.2 Å². The molecule has 7 N–H and O–H groups in total. The number of carboxylic acid groups (broad SMARTS) is 1. The van der Waals surface area contributed by atoms with Gasteiger partial charge in [0.2, 0.25) is 5.91 Å². The molecule has 3 saturated heterocycles.